The maximum Gasteiger partial charge on any atom is 0.113 e. The smallest absolute Gasteiger partial charge is 0.113 e. The average molecular weight is 1670 g/mol. The van der Waals surface area contributed by atoms with Crippen LogP contribution in [0.3, 0.4) is 0 Å². The van der Waals surface area contributed by atoms with Crippen LogP contribution in [0, 0.1) is 0 Å². The molecule has 9 nitrogen and oxygen atoms in total. The average Bonchev–Trinajstić information content (AvgIpc) is 1.23. The van der Waals surface area contributed by atoms with E-state index in [0.717, 1.165) is 106 Å². The number of aromatic nitrogens is 9. The van der Waals surface area contributed by atoms with Gasteiger partial charge in [-0.25, -0.2) is 0 Å². The molecule has 0 aliphatic heterocycles. The van der Waals surface area contributed by atoms with Gasteiger partial charge in [-0.05, 0) is 228 Å². The Hall–Kier alpha value is -17.7. The molecule has 0 radical (unpaired) electrons. The van der Waals surface area contributed by atoms with Crippen molar-refractivity contribution in [2.24, 2.45) is 0 Å². The van der Waals surface area contributed by atoms with Crippen LogP contribution in [0.1, 0.15) is 0 Å². The summed E-state index contributed by atoms with van der Waals surface area (Å²) >= 11 is 0. The monoisotopic (exact) mass is 1670 g/mol. The minimum absolute atomic E-state index is 0.882. The van der Waals surface area contributed by atoms with Crippen LogP contribution in [-0.2, 0) is 0 Å². The number of hydrogen-bond donors (Lipinski definition) is 0. The van der Waals surface area contributed by atoms with Gasteiger partial charge in [0.15, 0.2) is 0 Å². The second kappa shape index (κ2) is 30.6. The van der Waals surface area contributed by atoms with Gasteiger partial charge in [0.1, 0.15) is 16.6 Å². The molecule has 22 aromatic carbocycles. The molecule has 0 unspecified atom stereocenters. The Bertz CT molecular complexity index is 9550. The van der Waals surface area contributed by atoms with Gasteiger partial charge >= 0.3 is 0 Å². The molecule has 9 heteroatoms. The zero-order valence-corrected chi connectivity index (χ0v) is 70.8. The zero-order valence-electron chi connectivity index (χ0n) is 70.8. The molecule has 6 aromatic heterocycles. The van der Waals surface area contributed by atoms with E-state index in [1.807, 2.05) is 0 Å². The lowest BCUT2D eigenvalue weighted by Gasteiger charge is -2.16. The van der Waals surface area contributed by atoms with E-state index in [9.17, 15) is 0 Å². The van der Waals surface area contributed by atoms with Crippen molar-refractivity contribution in [3.8, 4) is 72.7 Å². The molecule has 0 saturated heterocycles. The highest BCUT2D eigenvalue weighted by Gasteiger charge is 2.25. The van der Waals surface area contributed by atoms with E-state index in [1.54, 1.807) is 37.2 Å². The van der Waals surface area contributed by atoms with Gasteiger partial charge in [0.2, 0.25) is 0 Å². The first-order valence-electron chi connectivity index (χ1n) is 44.5. The van der Waals surface area contributed by atoms with Crippen molar-refractivity contribution >= 4 is 185 Å². The topological polar surface area (TPSA) is 92.1 Å². The molecule has 0 aliphatic rings. The summed E-state index contributed by atoms with van der Waals surface area (Å²) in [6, 6.07) is 151. The quantitative estimate of drug-likeness (QED) is 0.141. The SMILES string of the molecule is c1ccc(-c2ccc(-c3ccc(-n4c5ccccc5c5cc6ccccc6cc54)c4nccnc34)c3ccccc23)cc1.c1ccc2cc(-c3ccc(-c4ccc(-n5c6ccccc6c6cc7ccccc7cc65)c5nccnc45)cc3)ccc2c1.c1ccc2cc3c(cc2c1)c1ccccc1n3-c1ccc(-c2ccc3c4ccccc4c4ccccc4c3c2)c2nccnc12. The van der Waals surface area contributed by atoms with Gasteiger partial charge in [0, 0.05) is 86.2 Å². The van der Waals surface area contributed by atoms with Crippen LogP contribution in [0.2, 0.25) is 0 Å². The van der Waals surface area contributed by atoms with E-state index in [0.29, 0.717) is 0 Å². The van der Waals surface area contributed by atoms with E-state index in [-0.39, 0.29) is 0 Å². The van der Waals surface area contributed by atoms with Crippen LogP contribution >= 0.6 is 0 Å². The summed E-state index contributed by atoms with van der Waals surface area (Å²) < 4.78 is 7.06. The molecular weight excluding hydrogens is 1590 g/mol. The van der Waals surface area contributed by atoms with Crippen molar-refractivity contribution in [3.05, 3.63) is 456 Å². The van der Waals surface area contributed by atoms with Crippen LogP contribution in [0.4, 0.5) is 0 Å². The van der Waals surface area contributed by atoms with Gasteiger partial charge in [0.05, 0.1) is 66.7 Å². The minimum Gasteiger partial charge on any atom is -0.307 e. The number of nitrogens with zero attached hydrogens (tertiary/aromatic N) is 9. The normalized spacial score (nSPS) is 11.8. The maximum atomic E-state index is 4.97. The Morgan fingerprint density at radius 1 is 0.130 bits per heavy atom. The first-order valence-corrected chi connectivity index (χ1v) is 44.5. The lowest BCUT2D eigenvalue weighted by Crippen LogP contribution is -1.99. The predicted molar refractivity (Wildman–Crippen MR) is 549 cm³/mol. The molecule has 0 saturated carbocycles. The molecule has 0 aliphatic carbocycles. The van der Waals surface area contributed by atoms with Crippen LogP contribution < -0.4 is 0 Å². The van der Waals surface area contributed by atoms with Crippen LogP contribution in [0.25, 0.3) is 257 Å². The fourth-order valence-corrected chi connectivity index (χ4v) is 20.8. The van der Waals surface area contributed by atoms with Gasteiger partial charge < -0.3 is 13.7 Å². The summed E-state index contributed by atoms with van der Waals surface area (Å²) in [6.45, 7) is 0. The third-order valence-electron chi connectivity index (χ3n) is 26.8. The number of benzene rings is 22. The second-order valence-electron chi connectivity index (χ2n) is 33.9. The lowest BCUT2D eigenvalue weighted by atomic mass is 9.91. The first-order chi connectivity index (χ1) is 65.0. The third-order valence-corrected chi connectivity index (χ3v) is 26.8. The van der Waals surface area contributed by atoms with Crippen molar-refractivity contribution in [2.45, 2.75) is 0 Å². The van der Waals surface area contributed by atoms with Gasteiger partial charge in [-0.2, -0.15) is 0 Å². The first kappa shape index (κ1) is 74.7. The van der Waals surface area contributed by atoms with E-state index in [2.05, 4.69) is 432 Å². The Morgan fingerprint density at radius 2 is 0.420 bits per heavy atom. The molecule has 0 atom stereocenters. The summed E-state index contributed by atoms with van der Waals surface area (Å²) in [5.74, 6) is 0. The van der Waals surface area contributed by atoms with Gasteiger partial charge in [-0.3, -0.25) is 29.9 Å². The van der Waals surface area contributed by atoms with E-state index in [4.69, 9.17) is 29.9 Å². The molecule has 131 heavy (non-hydrogen) atoms. The molecule has 0 N–H and O–H groups in total. The molecule has 28 rings (SSSR count). The Kier molecular flexibility index (Phi) is 17.5. The van der Waals surface area contributed by atoms with Crippen molar-refractivity contribution in [1.82, 2.24) is 43.6 Å². The Balaban J connectivity index is 0.000000103. The maximum absolute atomic E-state index is 4.97. The molecule has 0 bridgehead atoms. The standard InChI is InChI=1S/C42H25N3.2C40H25N3/c1-2-10-27-25-40-37(23-26(27)9-1)35-15-7-8-16-38(35)45(40)39-20-19-29(41-42(39)44-22-21-43-41)28-17-18-34-32-13-4-3-11-30(32)31-12-5-6-14-33(31)36(34)24-28;1-2-8-29-23-32(18-15-26(29)7-1)27-13-16-28(17-14-27)33-19-20-37(40-39(33)41-21-22-42-40)43-36-12-6-5-11-34(36)35-24-30-9-3-4-10-31(30)25-38(35)43;1-2-10-26(11-3-1)29-18-19-32(31-15-7-6-14-30(29)31)34-20-21-37(40-39(34)41-22-23-42-40)43-36-17-9-8-16-33(36)35-24-27-12-4-5-13-28(27)25-38(35)43/h1-25H;2*1-25H. The molecule has 6 heterocycles. The molecule has 0 fully saturated rings. The van der Waals surface area contributed by atoms with E-state index in [1.165, 1.54) is 152 Å². The van der Waals surface area contributed by atoms with Crippen molar-refractivity contribution in [3.63, 3.8) is 0 Å². The summed E-state index contributed by atoms with van der Waals surface area (Å²) in [4.78, 5) is 29.6. The van der Waals surface area contributed by atoms with Gasteiger partial charge in [-0.15, -0.1) is 0 Å². The molecular formula is C122H75N9. The minimum atomic E-state index is 0.882. The van der Waals surface area contributed by atoms with E-state index >= 15 is 0 Å². The Morgan fingerprint density at radius 3 is 0.870 bits per heavy atom. The second-order valence-corrected chi connectivity index (χ2v) is 33.9. The highest BCUT2D eigenvalue weighted by Crippen LogP contribution is 2.47. The van der Waals surface area contributed by atoms with Gasteiger partial charge in [-0.1, -0.05) is 315 Å². The number of para-hydroxylation sites is 3. The van der Waals surface area contributed by atoms with Crippen LogP contribution in [-0.4, -0.2) is 43.6 Å². The summed E-state index contributed by atoms with van der Waals surface area (Å²) in [7, 11) is 0. The highest BCUT2D eigenvalue weighted by molar-refractivity contribution is 6.27. The zero-order chi connectivity index (χ0) is 86.1. The summed E-state index contributed by atoms with van der Waals surface area (Å²) in [5.41, 5.74) is 26.9. The molecule has 608 valence electrons. The van der Waals surface area contributed by atoms with Crippen LogP contribution in [0.5, 0.6) is 0 Å². The molecule has 28 aromatic rings. The molecule has 0 spiro atoms. The van der Waals surface area contributed by atoms with Crippen molar-refractivity contribution < 1.29 is 0 Å². The lowest BCUT2D eigenvalue weighted by molar-refractivity contribution is 1.17. The van der Waals surface area contributed by atoms with Crippen LogP contribution in [0.15, 0.2) is 456 Å². The molecule has 0 amide bonds. The van der Waals surface area contributed by atoms with Gasteiger partial charge in [0.25, 0.3) is 0 Å². The number of hydrogen-bond acceptors (Lipinski definition) is 6. The fourth-order valence-electron chi connectivity index (χ4n) is 20.8. The number of fused-ring (bicyclic) bond motifs is 23. The number of rotatable bonds is 8. The largest absolute Gasteiger partial charge is 0.307 e. The fraction of sp³-hybridized carbons (Fsp3) is 0. The summed E-state index contributed by atoms with van der Waals surface area (Å²) in [5, 5.41) is 27.3. The highest BCUT2D eigenvalue weighted by atomic mass is 15.0. The van der Waals surface area contributed by atoms with Crippen molar-refractivity contribution in [2.75, 3.05) is 0 Å². The van der Waals surface area contributed by atoms with Crippen molar-refractivity contribution in [1.29, 1.82) is 0 Å². The van der Waals surface area contributed by atoms with E-state index < -0.39 is 0 Å². The predicted octanol–water partition coefficient (Wildman–Crippen LogP) is 31.7. The summed E-state index contributed by atoms with van der Waals surface area (Å²) in [6.07, 6.45) is 10.8. The third kappa shape index (κ3) is 12.3. The Labute approximate surface area is 751 Å².